The molecule has 5 rings (SSSR count). The van der Waals surface area contributed by atoms with Crippen LogP contribution in [0.2, 0.25) is 0 Å². The molecule has 0 bridgehead atoms. The lowest BCUT2D eigenvalue weighted by Crippen LogP contribution is -2.39. The van der Waals surface area contributed by atoms with E-state index in [4.69, 9.17) is 4.74 Å². The Morgan fingerprint density at radius 3 is 2.70 bits per heavy atom. The number of H-pyrrole nitrogens is 1. The van der Waals surface area contributed by atoms with E-state index in [1.54, 1.807) is 11.1 Å². The zero-order chi connectivity index (χ0) is 20.5. The minimum atomic E-state index is 0.368. The monoisotopic (exact) mass is 402 g/mol. The van der Waals surface area contributed by atoms with Gasteiger partial charge in [-0.3, -0.25) is 4.90 Å². The molecule has 2 atom stereocenters. The Morgan fingerprint density at radius 1 is 1.10 bits per heavy atom. The summed E-state index contributed by atoms with van der Waals surface area (Å²) in [5.74, 6) is 0.896. The second kappa shape index (κ2) is 8.56. The third-order valence-electron chi connectivity index (χ3n) is 7.06. The van der Waals surface area contributed by atoms with Crippen molar-refractivity contribution in [2.45, 2.75) is 64.6 Å². The number of aromatic nitrogens is 1. The summed E-state index contributed by atoms with van der Waals surface area (Å²) < 4.78 is 6.06. The first-order valence-electron chi connectivity index (χ1n) is 11.7. The van der Waals surface area contributed by atoms with Crippen LogP contribution in [0, 0.1) is 12.8 Å². The second-order valence-corrected chi connectivity index (χ2v) is 9.24. The number of likely N-dealkylation sites (tertiary alicyclic amines) is 1. The number of nitrogens with one attached hydrogen (secondary N) is 1. The van der Waals surface area contributed by atoms with Gasteiger partial charge in [0.05, 0.1) is 6.10 Å². The van der Waals surface area contributed by atoms with E-state index in [0.29, 0.717) is 12.1 Å². The minimum absolute atomic E-state index is 0.368. The van der Waals surface area contributed by atoms with Crippen molar-refractivity contribution in [1.82, 2.24) is 9.88 Å². The molecule has 0 unspecified atom stereocenters. The minimum Gasteiger partial charge on any atom is -0.378 e. The summed E-state index contributed by atoms with van der Waals surface area (Å²) in [6.45, 7) is 7.28. The van der Waals surface area contributed by atoms with Crippen molar-refractivity contribution in [3.8, 4) is 0 Å². The van der Waals surface area contributed by atoms with Crippen LogP contribution in [0.15, 0.2) is 48.7 Å². The lowest BCUT2D eigenvalue weighted by molar-refractivity contribution is -0.0137. The zero-order valence-corrected chi connectivity index (χ0v) is 18.4. The van der Waals surface area contributed by atoms with Crippen molar-refractivity contribution in [2.24, 2.45) is 5.92 Å². The van der Waals surface area contributed by atoms with E-state index in [1.807, 2.05) is 0 Å². The van der Waals surface area contributed by atoms with Crippen LogP contribution in [0.3, 0.4) is 0 Å². The van der Waals surface area contributed by atoms with E-state index in [9.17, 15) is 0 Å². The highest BCUT2D eigenvalue weighted by Gasteiger charge is 2.31. The maximum Gasteiger partial charge on any atom is 0.0605 e. The average molecular weight is 403 g/mol. The highest BCUT2D eigenvalue weighted by Crippen LogP contribution is 2.39. The molecule has 2 aromatic carbocycles. The molecule has 2 heterocycles. The molecule has 3 nitrogen and oxygen atoms in total. The molecule has 2 fully saturated rings. The Kier molecular flexibility index (Phi) is 5.66. The van der Waals surface area contributed by atoms with Gasteiger partial charge in [0, 0.05) is 42.8 Å². The predicted octanol–water partition coefficient (Wildman–Crippen LogP) is 6.17. The summed E-state index contributed by atoms with van der Waals surface area (Å²) in [6.07, 6.45) is 8.72. The summed E-state index contributed by atoms with van der Waals surface area (Å²) in [6, 6.07) is 16.2. The third-order valence-corrected chi connectivity index (χ3v) is 7.06. The van der Waals surface area contributed by atoms with Crippen LogP contribution in [-0.4, -0.2) is 29.1 Å². The Labute approximate surface area is 180 Å². The van der Waals surface area contributed by atoms with E-state index in [-0.39, 0.29) is 0 Å². The molecular formula is C27H34N2O. The number of benzene rings is 2. The van der Waals surface area contributed by atoms with Crippen LogP contribution in [0.1, 0.15) is 60.9 Å². The fourth-order valence-corrected chi connectivity index (χ4v) is 5.33. The third kappa shape index (κ3) is 4.06. The summed E-state index contributed by atoms with van der Waals surface area (Å²) in [5, 5.41) is 1.42. The normalized spacial score (nSPS) is 22.6. The molecule has 0 radical (unpaired) electrons. The van der Waals surface area contributed by atoms with Crippen molar-refractivity contribution in [1.29, 1.82) is 0 Å². The zero-order valence-electron chi connectivity index (χ0n) is 18.4. The summed E-state index contributed by atoms with van der Waals surface area (Å²) in [5.41, 5.74) is 7.22. The molecule has 1 saturated heterocycles. The van der Waals surface area contributed by atoms with Gasteiger partial charge in [0.25, 0.3) is 0 Å². The molecule has 1 aromatic heterocycles. The van der Waals surface area contributed by atoms with Crippen molar-refractivity contribution in [3.63, 3.8) is 0 Å². The number of aryl methyl sites for hydroxylation is 1. The van der Waals surface area contributed by atoms with Crippen LogP contribution in [0.25, 0.3) is 10.9 Å². The van der Waals surface area contributed by atoms with Gasteiger partial charge in [0.15, 0.2) is 0 Å². The largest absolute Gasteiger partial charge is 0.378 e. The molecule has 1 aliphatic carbocycles. The van der Waals surface area contributed by atoms with Crippen molar-refractivity contribution < 1.29 is 4.74 Å². The molecule has 1 saturated carbocycles. The summed E-state index contributed by atoms with van der Waals surface area (Å²) >= 11 is 0. The quantitative estimate of drug-likeness (QED) is 0.512. The first-order valence-corrected chi connectivity index (χ1v) is 11.7. The Balaban J connectivity index is 1.49. The first-order chi connectivity index (χ1) is 14.7. The van der Waals surface area contributed by atoms with Crippen LogP contribution in [-0.2, 0) is 17.7 Å². The number of piperidine rings is 1. The number of nitrogens with zero attached hydrogens (tertiary/aromatic N) is 1. The fraction of sp³-hybridized carbons (Fsp3) is 0.481. The van der Waals surface area contributed by atoms with Gasteiger partial charge >= 0.3 is 0 Å². The van der Waals surface area contributed by atoms with Gasteiger partial charge in [0.2, 0.25) is 0 Å². The smallest absolute Gasteiger partial charge is 0.0605 e. The summed E-state index contributed by atoms with van der Waals surface area (Å²) in [4.78, 5) is 6.20. The molecular weight excluding hydrogens is 368 g/mol. The molecule has 158 valence electrons. The fourth-order valence-electron chi connectivity index (χ4n) is 5.33. The van der Waals surface area contributed by atoms with Crippen LogP contribution in [0.4, 0.5) is 0 Å². The molecule has 0 amide bonds. The lowest BCUT2D eigenvalue weighted by atomic mass is 9.90. The van der Waals surface area contributed by atoms with E-state index < -0.39 is 0 Å². The van der Waals surface area contributed by atoms with Crippen LogP contribution >= 0.6 is 0 Å². The van der Waals surface area contributed by atoms with Crippen LogP contribution < -0.4 is 0 Å². The second-order valence-electron chi connectivity index (χ2n) is 9.24. The molecule has 3 aromatic rings. The highest BCUT2D eigenvalue weighted by molar-refractivity contribution is 5.87. The number of ether oxygens (including phenoxy) is 1. The van der Waals surface area contributed by atoms with Crippen molar-refractivity contribution in [3.05, 3.63) is 70.9 Å². The Hall–Kier alpha value is -2.10. The molecule has 1 aliphatic heterocycles. The predicted molar refractivity (Wildman–Crippen MR) is 124 cm³/mol. The van der Waals surface area contributed by atoms with Gasteiger partial charge in [-0.25, -0.2) is 0 Å². The van der Waals surface area contributed by atoms with Crippen LogP contribution in [0.5, 0.6) is 0 Å². The standard InChI is InChI=1S/C27H34N2O/c1-3-30-23-12-14-29(26(17-23)21-7-5-4-6-8-21)18-25-22(16-20-9-10-20)15-19(2)27-24(25)11-13-28-27/h4-8,11,13,15,20,23,26,28H,3,9-10,12,14,16-18H2,1-2H3/t23-,26-/m0/s1. The molecule has 1 N–H and O–H groups in total. The van der Waals surface area contributed by atoms with Crippen molar-refractivity contribution in [2.75, 3.05) is 13.2 Å². The van der Waals surface area contributed by atoms with Gasteiger partial charge in [-0.1, -0.05) is 36.4 Å². The molecule has 3 heteroatoms. The number of aromatic amines is 1. The van der Waals surface area contributed by atoms with Gasteiger partial charge in [0.1, 0.15) is 0 Å². The SMILES string of the molecule is CCO[C@H]1CCN(Cc2c(CC3CC3)cc(C)c3[nH]ccc23)[C@H](c2ccccc2)C1. The maximum atomic E-state index is 6.06. The van der Waals surface area contributed by atoms with Crippen molar-refractivity contribution >= 4 is 10.9 Å². The van der Waals surface area contributed by atoms with E-state index in [0.717, 1.165) is 38.5 Å². The van der Waals surface area contributed by atoms with Gasteiger partial charge in [-0.05, 0) is 80.2 Å². The van der Waals surface area contributed by atoms with Gasteiger partial charge in [-0.15, -0.1) is 0 Å². The number of hydrogen-bond donors (Lipinski definition) is 1. The summed E-state index contributed by atoms with van der Waals surface area (Å²) in [7, 11) is 0. The number of hydrogen-bond acceptors (Lipinski definition) is 2. The molecule has 30 heavy (non-hydrogen) atoms. The topological polar surface area (TPSA) is 28.3 Å². The highest BCUT2D eigenvalue weighted by atomic mass is 16.5. The van der Waals surface area contributed by atoms with Gasteiger partial charge < -0.3 is 9.72 Å². The molecule has 2 aliphatic rings. The number of rotatable bonds is 7. The Bertz CT molecular complexity index is 989. The first kappa shape index (κ1) is 19.8. The molecule has 0 spiro atoms. The van der Waals surface area contributed by atoms with E-state index in [2.05, 4.69) is 72.4 Å². The lowest BCUT2D eigenvalue weighted by Gasteiger charge is -2.40. The Morgan fingerprint density at radius 2 is 1.93 bits per heavy atom. The van der Waals surface area contributed by atoms with E-state index >= 15 is 0 Å². The van der Waals surface area contributed by atoms with E-state index in [1.165, 1.54) is 41.3 Å². The number of fused-ring (bicyclic) bond motifs is 1. The average Bonchev–Trinajstić information content (AvgIpc) is 3.44. The van der Waals surface area contributed by atoms with Gasteiger partial charge in [-0.2, -0.15) is 0 Å². The maximum absolute atomic E-state index is 6.06.